The molecule has 0 bridgehead atoms. The average molecular weight is 243 g/mol. The molecule has 3 heteroatoms. The van der Waals surface area contributed by atoms with Crippen LogP contribution in [0.3, 0.4) is 0 Å². The number of aromatic nitrogens is 1. The van der Waals surface area contributed by atoms with Crippen molar-refractivity contribution in [3.05, 3.63) is 64.6 Å². The first-order chi connectivity index (χ1) is 8.33. The van der Waals surface area contributed by atoms with Crippen molar-refractivity contribution < 1.29 is 0 Å². The summed E-state index contributed by atoms with van der Waals surface area (Å²) >= 11 is 1.92. The van der Waals surface area contributed by atoms with Gasteiger partial charge in [-0.25, -0.2) is 0 Å². The lowest BCUT2D eigenvalue weighted by molar-refractivity contribution is 0.602. The fraction of sp³-hybridized carbons (Fsp3) is 0.214. The summed E-state index contributed by atoms with van der Waals surface area (Å²) in [4.78, 5) is 12.4. The second kappa shape index (κ2) is 4.41. The maximum Gasteiger partial charge on any atom is 0.181 e. The molecule has 0 spiro atoms. The minimum atomic E-state index is 0.0717. The van der Waals surface area contributed by atoms with E-state index in [0.29, 0.717) is 5.92 Å². The number of pyridine rings is 1. The molecule has 0 amide bonds. The number of benzene rings is 1. The van der Waals surface area contributed by atoms with Crippen LogP contribution in [0.15, 0.2) is 58.5 Å². The molecule has 1 aliphatic rings. The predicted octanol–water partition coefficient (Wildman–Crippen LogP) is 2.74. The fourth-order valence-electron chi connectivity index (χ4n) is 2.20. The van der Waals surface area contributed by atoms with Crippen molar-refractivity contribution in [1.29, 1.82) is 0 Å². The van der Waals surface area contributed by atoms with E-state index >= 15 is 0 Å². The molecule has 2 heterocycles. The smallest absolute Gasteiger partial charge is 0.181 e. The van der Waals surface area contributed by atoms with E-state index in [1.807, 2.05) is 24.2 Å². The third kappa shape index (κ3) is 2.15. The van der Waals surface area contributed by atoms with E-state index in [9.17, 15) is 4.79 Å². The summed E-state index contributed by atoms with van der Waals surface area (Å²) in [6.07, 6.45) is 3.74. The van der Waals surface area contributed by atoms with Gasteiger partial charge in [-0.3, -0.25) is 4.79 Å². The standard InChI is InChI=1S/C14H13NOS/c16-12-5-7-15(8-6-12)9-11-10-17-14-4-2-1-3-13(11)14/h1-8,11H,9-10H2. The van der Waals surface area contributed by atoms with Gasteiger partial charge in [0.2, 0.25) is 0 Å². The second-order valence-corrected chi connectivity index (χ2v) is 5.34. The molecule has 2 aromatic rings. The van der Waals surface area contributed by atoms with Gasteiger partial charge in [0.25, 0.3) is 0 Å². The topological polar surface area (TPSA) is 22.0 Å². The first-order valence-corrected chi connectivity index (χ1v) is 6.69. The van der Waals surface area contributed by atoms with Crippen LogP contribution < -0.4 is 5.43 Å². The summed E-state index contributed by atoms with van der Waals surface area (Å²) in [6, 6.07) is 11.8. The van der Waals surface area contributed by atoms with Crippen LogP contribution in [0.25, 0.3) is 0 Å². The number of hydrogen-bond donors (Lipinski definition) is 0. The van der Waals surface area contributed by atoms with Gasteiger partial charge in [0, 0.05) is 47.6 Å². The fourth-order valence-corrected chi connectivity index (χ4v) is 3.44. The lowest BCUT2D eigenvalue weighted by Crippen LogP contribution is -2.10. The van der Waals surface area contributed by atoms with Crippen LogP contribution in [-0.2, 0) is 6.54 Å². The molecule has 0 radical (unpaired) electrons. The number of fused-ring (bicyclic) bond motifs is 1. The second-order valence-electron chi connectivity index (χ2n) is 4.28. The van der Waals surface area contributed by atoms with E-state index in [0.717, 1.165) is 12.3 Å². The van der Waals surface area contributed by atoms with Crippen LogP contribution in [0, 0.1) is 0 Å². The Hall–Kier alpha value is -1.48. The van der Waals surface area contributed by atoms with E-state index in [4.69, 9.17) is 0 Å². The van der Waals surface area contributed by atoms with Gasteiger partial charge in [-0.05, 0) is 11.6 Å². The molecule has 1 aromatic carbocycles. The monoisotopic (exact) mass is 243 g/mol. The minimum absolute atomic E-state index is 0.0717. The normalized spacial score (nSPS) is 18.0. The molecule has 1 atom stereocenters. The van der Waals surface area contributed by atoms with E-state index < -0.39 is 0 Å². The zero-order valence-electron chi connectivity index (χ0n) is 9.37. The first kappa shape index (κ1) is 10.7. The highest BCUT2D eigenvalue weighted by molar-refractivity contribution is 7.99. The molecule has 1 unspecified atom stereocenters. The highest BCUT2D eigenvalue weighted by Gasteiger charge is 2.22. The van der Waals surface area contributed by atoms with Gasteiger partial charge in [0.05, 0.1) is 0 Å². The lowest BCUT2D eigenvalue weighted by atomic mass is 10.0. The molecule has 0 saturated carbocycles. The molecule has 0 saturated heterocycles. The molecule has 3 rings (SSSR count). The zero-order valence-corrected chi connectivity index (χ0v) is 10.2. The van der Waals surface area contributed by atoms with Crippen molar-refractivity contribution in [2.24, 2.45) is 0 Å². The summed E-state index contributed by atoms with van der Waals surface area (Å²) in [6.45, 7) is 0.949. The summed E-state index contributed by atoms with van der Waals surface area (Å²) in [5.41, 5.74) is 1.51. The van der Waals surface area contributed by atoms with Crippen molar-refractivity contribution in [2.45, 2.75) is 17.4 Å². The maximum atomic E-state index is 11.0. The Balaban J connectivity index is 1.84. The summed E-state index contributed by atoms with van der Waals surface area (Å²) in [5.74, 6) is 1.68. The number of rotatable bonds is 2. The van der Waals surface area contributed by atoms with E-state index in [-0.39, 0.29) is 5.43 Å². The van der Waals surface area contributed by atoms with E-state index in [1.54, 1.807) is 12.1 Å². The summed E-state index contributed by atoms with van der Waals surface area (Å²) in [7, 11) is 0. The largest absolute Gasteiger partial charge is 0.353 e. The summed E-state index contributed by atoms with van der Waals surface area (Å²) in [5, 5.41) is 0. The zero-order chi connectivity index (χ0) is 11.7. The molecular formula is C14H13NOS. The molecule has 86 valence electrons. The molecule has 0 fully saturated rings. The van der Waals surface area contributed by atoms with Crippen LogP contribution in [0.2, 0.25) is 0 Å². The summed E-state index contributed by atoms with van der Waals surface area (Å²) < 4.78 is 2.09. The Kier molecular flexibility index (Phi) is 2.77. The van der Waals surface area contributed by atoms with Gasteiger partial charge in [0.15, 0.2) is 5.43 Å². The highest BCUT2D eigenvalue weighted by Crippen LogP contribution is 2.39. The van der Waals surface area contributed by atoms with Gasteiger partial charge >= 0.3 is 0 Å². The Morgan fingerprint density at radius 1 is 1.18 bits per heavy atom. The quantitative estimate of drug-likeness (QED) is 0.809. The Morgan fingerprint density at radius 3 is 2.76 bits per heavy atom. The van der Waals surface area contributed by atoms with Crippen LogP contribution in [0.1, 0.15) is 11.5 Å². The molecule has 17 heavy (non-hydrogen) atoms. The van der Waals surface area contributed by atoms with Crippen LogP contribution >= 0.6 is 11.8 Å². The van der Waals surface area contributed by atoms with Gasteiger partial charge < -0.3 is 4.57 Å². The van der Waals surface area contributed by atoms with Crippen LogP contribution in [-0.4, -0.2) is 10.3 Å². The van der Waals surface area contributed by atoms with E-state index in [1.165, 1.54) is 10.5 Å². The Labute approximate surface area is 104 Å². The van der Waals surface area contributed by atoms with Crippen LogP contribution in [0.4, 0.5) is 0 Å². The van der Waals surface area contributed by atoms with Crippen molar-refractivity contribution in [3.8, 4) is 0 Å². The molecule has 0 N–H and O–H groups in total. The van der Waals surface area contributed by atoms with Crippen molar-refractivity contribution >= 4 is 11.8 Å². The molecule has 1 aliphatic heterocycles. The van der Waals surface area contributed by atoms with Gasteiger partial charge in [-0.15, -0.1) is 11.8 Å². The minimum Gasteiger partial charge on any atom is -0.353 e. The van der Waals surface area contributed by atoms with Gasteiger partial charge in [0.1, 0.15) is 0 Å². The highest BCUT2D eigenvalue weighted by atomic mass is 32.2. The Bertz CT molecular complexity index is 570. The van der Waals surface area contributed by atoms with Gasteiger partial charge in [-0.1, -0.05) is 18.2 Å². The predicted molar refractivity (Wildman–Crippen MR) is 70.6 cm³/mol. The van der Waals surface area contributed by atoms with Crippen molar-refractivity contribution in [2.75, 3.05) is 5.75 Å². The molecule has 0 aliphatic carbocycles. The van der Waals surface area contributed by atoms with Crippen molar-refractivity contribution in [1.82, 2.24) is 4.57 Å². The lowest BCUT2D eigenvalue weighted by Gasteiger charge is -2.13. The average Bonchev–Trinajstić information content (AvgIpc) is 2.76. The number of hydrogen-bond acceptors (Lipinski definition) is 2. The SMILES string of the molecule is O=c1ccn(CC2CSc3ccccc32)cc1. The van der Waals surface area contributed by atoms with Gasteiger partial charge in [-0.2, -0.15) is 0 Å². The van der Waals surface area contributed by atoms with Crippen molar-refractivity contribution in [3.63, 3.8) is 0 Å². The molecular weight excluding hydrogens is 230 g/mol. The van der Waals surface area contributed by atoms with E-state index in [2.05, 4.69) is 28.8 Å². The third-order valence-corrected chi connectivity index (χ3v) is 4.34. The number of nitrogens with zero attached hydrogens (tertiary/aromatic N) is 1. The maximum absolute atomic E-state index is 11.0. The number of thioether (sulfide) groups is 1. The third-order valence-electron chi connectivity index (χ3n) is 3.09. The van der Waals surface area contributed by atoms with Crippen LogP contribution in [0.5, 0.6) is 0 Å². The Morgan fingerprint density at radius 2 is 1.94 bits per heavy atom. The first-order valence-electron chi connectivity index (χ1n) is 5.71. The molecule has 1 aromatic heterocycles. The molecule has 2 nitrogen and oxygen atoms in total.